The van der Waals surface area contributed by atoms with Gasteiger partial charge in [0.15, 0.2) is 0 Å². The number of benzene rings is 3. The van der Waals surface area contributed by atoms with Crippen molar-refractivity contribution in [2.75, 3.05) is 34.4 Å². The molecule has 3 aromatic carbocycles. The van der Waals surface area contributed by atoms with E-state index in [0.717, 1.165) is 41.0 Å². The summed E-state index contributed by atoms with van der Waals surface area (Å²) in [4.78, 5) is 15.0. The Labute approximate surface area is 219 Å². The van der Waals surface area contributed by atoms with Crippen molar-refractivity contribution in [3.63, 3.8) is 0 Å². The highest BCUT2D eigenvalue weighted by molar-refractivity contribution is 5.83. The summed E-state index contributed by atoms with van der Waals surface area (Å²) in [7, 11) is 5.56. The molecule has 0 bridgehead atoms. The van der Waals surface area contributed by atoms with Crippen molar-refractivity contribution in [3.05, 3.63) is 101 Å². The predicted octanol–water partition coefficient (Wildman–Crippen LogP) is 4.30. The van der Waals surface area contributed by atoms with Crippen LogP contribution in [-0.4, -0.2) is 57.4 Å². The van der Waals surface area contributed by atoms with Crippen LogP contribution in [0.1, 0.15) is 22.3 Å². The predicted molar refractivity (Wildman–Crippen MR) is 147 cm³/mol. The van der Waals surface area contributed by atoms with Crippen molar-refractivity contribution in [2.45, 2.75) is 31.4 Å². The van der Waals surface area contributed by atoms with E-state index in [1.54, 1.807) is 7.11 Å². The average molecular weight is 501 g/mol. The molecule has 0 heterocycles. The molecule has 194 valence electrons. The third-order valence-corrected chi connectivity index (χ3v) is 6.53. The number of nitrogens with two attached hydrogens (primary N) is 1. The molecule has 0 aliphatic heterocycles. The molecule has 3 aromatic rings. The molecule has 6 nitrogen and oxygen atoms in total. The Morgan fingerprint density at radius 1 is 0.973 bits per heavy atom. The zero-order chi connectivity index (χ0) is 26.2. The molecule has 0 saturated heterocycles. The van der Waals surface area contributed by atoms with Crippen LogP contribution in [0.3, 0.4) is 0 Å². The maximum Gasteiger partial charge on any atom is 0.327 e. The Bertz CT molecular complexity index is 1220. The highest BCUT2D eigenvalue weighted by Crippen LogP contribution is 2.27. The minimum absolute atomic E-state index is 0.245. The van der Waals surface area contributed by atoms with Crippen LogP contribution in [0.2, 0.25) is 0 Å². The van der Waals surface area contributed by atoms with Gasteiger partial charge in [0.2, 0.25) is 0 Å². The van der Waals surface area contributed by atoms with Gasteiger partial charge in [0.05, 0.1) is 7.11 Å². The number of likely N-dealkylation sites (N-methyl/N-ethyl adjacent to an activating group) is 1. The van der Waals surface area contributed by atoms with Gasteiger partial charge < -0.3 is 24.8 Å². The third kappa shape index (κ3) is 7.21. The van der Waals surface area contributed by atoms with Crippen LogP contribution in [0.4, 0.5) is 0 Å². The number of para-hydroxylation sites is 1. The second-order valence-corrected chi connectivity index (χ2v) is 9.66. The largest absolute Gasteiger partial charge is 0.497 e. The first-order valence-corrected chi connectivity index (χ1v) is 12.7. The molecular weight excluding hydrogens is 464 g/mol. The number of methoxy groups -OCH3 is 1. The maximum atomic E-state index is 13.0. The number of hydrogen-bond acceptors (Lipinski definition) is 6. The Morgan fingerprint density at radius 3 is 2.43 bits per heavy atom. The first-order valence-electron chi connectivity index (χ1n) is 12.7. The van der Waals surface area contributed by atoms with Crippen LogP contribution in [-0.2, 0) is 28.8 Å². The van der Waals surface area contributed by atoms with Gasteiger partial charge in [0.1, 0.15) is 30.3 Å². The summed E-state index contributed by atoms with van der Waals surface area (Å²) in [6, 6.07) is 23.4. The number of ether oxygens (including phenoxy) is 3. The summed E-state index contributed by atoms with van der Waals surface area (Å²) >= 11 is 0. The molecule has 4 rings (SSSR count). The van der Waals surface area contributed by atoms with E-state index < -0.39 is 18.1 Å². The third-order valence-electron chi connectivity index (χ3n) is 6.53. The monoisotopic (exact) mass is 500 g/mol. The molecule has 2 N–H and O–H groups in total. The molecule has 0 radical (unpaired) electrons. The normalized spacial score (nSPS) is 14.0. The van der Waals surface area contributed by atoms with Gasteiger partial charge in [-0.25, -0.2) is 4.79 Å². The zero-order valence-corrected chi connectivity index (χ0v) is 21.9. The summed E-state index contributed by atoms with van der Waals surface area (Å²) in [6.07, 6.45) is 3.93. The van der Waals surface area contributed by atoms with Crippen molar-refractivity contribution < 1.29 is 19.0 Å². The highest BCUT2D eigenvalue weighted by atomic mass is 16.6. The number of carbonyl (C=O) groups is 1. The fourth-order valence-corrected chi connectivity index (χ4v) is 4.53. The van der Waals surface area contributed by atoms with Crippen molar-refractivity contribution in [2.24, 2.45) is 5.73 Å². The molecule has 0 amide bonds. The van der Waals surface area contributed by atoms with Crippen LogP contribution < -0.4 is 15.2 Å². The zero-order valence-electron chi connectivity index (χ0n) is 21.9. The molecule has 0 saturated carbocycles. The van der Waals surface area contributed by atoms with E-state index in [2.05, 4.69) is 24.3 Å². The number of aryl methyl sites for hydroxylation is 2. The minimum Gasteiger partial charge on any atom is -0.497 e. The second kappa shape index (κ2) is 12.6. The first-order chi connectivity index (χ1) is 17.9. The summed E-state index contributed by atoms with van der Waals surface area (Å²) in [6.45, 7) is 0.779. The van der Waals surface area contributed by atoms with Gasteiger partial charge in [-0.05, 0) is 79.4 Å². The minimum atomic E-state index is -0.797. The van der Waals surface area contributed by atoms with Crippen molar-refractivity contribution in [3.8, 4) is 11.5 Å². The fraction of sp³-hybridized carbons (Fsp3) is 0.323. The van der Waals surface area contributed by atoms with Gasteiger partial charge in [0.25, 0.3) is 0 Å². The van der Waals surface area contributed by atoms with Gasteiger partial charge in [-0.1, -0.05) is 60.7 Å². The van der Waals surface area contributed by atoms with Crippen LogP contribution in [0.15, 0.2) is 78.4 Å². The van der Waals surface area contributed by atoms with E-state index >= 15 is 0 Å². The number of fused-ring (bicyclic) bond motifs is 1. The molecular formula is C31H36N2O4. The summed E-state index contributed by atoms with van der Waals surface area (Å²) in [5.74, 6) is 1.22. The van der Waals surface area contributed by atoms with Gasteiger partial charge >= 0.3 is 5.97 Å². The summed E-state index contributed by atoms with van der Waals surface area (Å²) in [5.41, 5.74) is 11.8. The van der Waals surface area contributed by atoms with E-state index in [1.165, 1.54) is 11.1 Å². The Hall–Kier alpha value is -3.61. The van der Waals surface area contributed by atoms with E-state index in [0.29, 0.717) is 13.0 Å². The van der Waals surface area contributed by atoms with Crippen LogP contribution in [0, 0.1) is 0 Å². The summed E-state index contributed by atoms with van der Waals surface area (Å²) in [5, 5.41) is 0. The van der Waals surface area contributed by atoms with E-state index in [-0.39, 0.29) is 6.61 Å². The lowest BCUT2D eigenvalue weighted by Gasteiger charge is -2.24. The fourth-order valence-electron chi connectivity index (χ4n) is 4.53. The number of rotatable bonds is 12. The lowest BCUT2D eigenvalue weighted by atomic mass is 10.0. The average Bonchev–Trinajstić information content (AvgIpc) is 3.35. The van der Waals surface area contributed by atoms with E-state index in [1.807, 2.05) is 73.6 Å². The Kier molecular flexibility index (Phi) is 8.99. The van der Waals surface area contributed by atoms with Gasteiger partial charge in [0, 0.05) is 6.54 Å². The summed E-state index contributed by atoms with van der Waals surface area (Å²) < 4.78 is 17.3. The Balaban J connectivity index is 1.36. The molecule has 1 aliphatic rings. The van der Waals surface area contributed by atoms with E-state index in [4.69, 9.17) is 19.9 Å². The molecule has 6 heteroatoms. The number of esters is 1. The van der Waals surface area contributed by atoms with Gasteiger partial charge in [-0.2, -0.15) is 0 Å². The number of hydrogen-bond donors (Lipinski definition) is 1. The van der Waals surface area contributed by atoms with Crippen LogP contribution in [0.5, 0.6) is 11.5 Å². The van der Waals surface area contributed by atoms with Gasteiger partial charge in [-0.3, -0.25) is 0 Å². The SMILES string of the molecule is COc1ccc(CCc2ccccc2OCC(CN(C)C)OC(=O)[C@H](N)C2=Cc3ccccc3C2)cc1. The topological polar surface area (TPSA) is 74.0 Å². The lowest BCUT2D eigenvalue weighted by Crippen LogP contribution is -2.41. The van der Waals surface area contributed by atoms with E-state index in [9.17, 15) is 4.79 Å². The molecule has 37 heavy (non-hydrogen) atoms. The Morgan fingerprint density at radius 2 is 1.70 bits per heavy atom. The first kappa shape index (κ1) is 26.5. The van der Waals surface area contributed by atoms with Crippen molar-refractivity contribution in [1.82, 2.24) is 4.90 Å². The van der Waals surface area contributed by atoms with Crippen molar-refractivity contribution >= 4 is 12.0 Å². The molecule has 0 spiro atoms. The molecule has 1 aliphatic carbocycles. The van der Waals surface area contributed by atoms with Gasteiger partial charge in [-0.15, -0.1) is 0 Å². The standard InChI is InChI=1S/C31H36N2O4/c1-33(2)20-28(37-31(34)30(32)26-18-24-9-4-5-10-25(24)19-26)21-36-29-11-7-6-8-23(29)15-12-22-13-16-27(35-3)17-14-22/h4-11,13-14,16-18,28,30H,12,15,19-21,32H2,1-3H3/t28?,30-/m1/s1. The van der Waals surface area contributed by atoms with Crippen molar-refractivity contribution in [1.29, 1.82) is 0 Å². The molecule has 1 unspecified atom stereocenters. The quantitative estimate of drug-likeness (QED) is 0.374. The lowest BCUT2D eigenvalue weighted by molar-refractivity contribution is -0.151. The molecule has 0 aromatic heterocycles. The molecule has 2 atom stereocenters. The van der Waals surface area contributed by atoms with Crippen LogP contribution in [0.25, 0.3) is 6.08 Å². The second-order valence-electron chi connectivity index (χ2n) is 9.66. The van der Waals surface area contributed by atoms with Crippen LogP contribution >= 0.6 is 0 Å². The maximum absolute atomic E-state index is 13.0. The number of carbonyl (C=O) groups excluding carboxylic acids is 1. The highest BCUT2D eigenvalue weighted by Gasteiger charge is 2.27. The molecule has 0 fully saturated rings. The number of nitrogens with zero attached hydrogens (tertiary/aromatic N) is 1. The smallest absolute Gasteiger partial charge is 0.327 e.